The maximum atomic E-state index is 11.8. The zero-order valence-electron chi connectivity index (χ0n) is 20.4. The third kappa shape index (κ3) is 4.73. The van der Waals surface area contributed by atoms with Crippen molar-refractivity contribution in [1.82, 2.24) is 25.1 Å². The topological polar surface area (TPSA) is 85.9 Å². The van der Waals surface area contributed by atoms with Crippen molar-refractivity contribution in [2.24, 2.45) is 0 Å². The summed E-state index contributed by atoms with van der Waals surface area (Å²) in [4.78, 5) is 29.3. The first-order chi connectivity index (χ1) is 16.5. The Bertz CT molecular complexity index is 1020. The molecule has 0 spiro atoms. The van der Waals surface area contributed by atoms with Crippen molar-refractivity contribution < 1.29 is 9.53 Å². The van der Waals surface area contributed by atoms with Gasteiger partial charge in [0.25, 0.3) is 0 Å². The van der Waals surface area contributed by atoms with E-state index in [-0.39, 0.29) is 12.1 Å². The summed E-state index contributed by atoms with van der Waals surface area (Å²) in [6.45, 7) is 11.1. The third-order valence-electron chi connectivity index (χ3n) is 7.01. The van der Waals surface area contributed by atoms with E-state index in [1.807, 2.05) is 31.2 Å². The molecule has 9 heteroatoms. The van der Waals surface area contributed by atoms with Gasteiger partial charge in [0.15, 0.2) is 5.82 Å². The van der Waals surface area contributed by atoms with Gasteiger partial charge in [-0.2, -0.15) is 0 Å². The predicted octanol–water partition coefficient (Wildman–Crippen LogP) is 2.18. The molecule has 34 heavy (non-hydrogen) atoms. The van der Waals surface area contributed by atoms with E-state index in [2.05, 4.69) is 39.3 Å². The first-order valence-corrected chi connectivity index (χ1v) is 12.3. The van der Waals surface area contributed by atoms with Gasteiger partial charge in [0.1, 0.15) is 5.82 Å². The number of nitrogens with zero attached hydrogens (tertiary/aromatic N) is 5. The SMILES string of the molecule is CCNC(=O)Nc1ccc(-c2nc3c(c(N4CCOC[C@@H]4C)n2)CCN(C2CN(C)C2)C3)cc1. The van der Waals surface area contributed by atoms with E-state index < -0.39 is 0 Å². The van der Waals surface area contributed by atoms with Crippen molar-refractivity contribution in [3.63, 3.8) is 0 Å². The van der Waals surface area contributed by atoms with Crippen LogP contribution in [0.2, 0.25) is 0 Å². The van der Waals surface area contributed by atoms with Crippen LogP contribution in [0.1, 0.15) is 25.1 Å². The summed E-state index contributed by atoms with van der Waals surface area (Å²) in [7, 11) is 2.18. The molecule has 1 aromatic carbocycles. The molecule has 2 saturated heterocycles. The van der Waals surface area contributed by atoms with Gasteiger partial charge in [0.05, 0.1) is 24.9 Å². The molecule has 5 rings (SSSR count). The highest BCUT2D eigenvalue weighted by atomic mass is 16.5. The molecular weight excluding hydrogens is 430 g/mol. The van der Waals surface area contributed by atoms with E-state index >= 15 is 0 Å². The average molecular weight is 466 g/mol. The zero-order valence-corrected chi connectivity index (χ0v) is 20.4. The van der Waals surface area contributed by atoms with Crippen molar-refractivity contribution in [3.8, 4) is 11.4 Å². The summed E-state index contributed by atoms with van der Waals surface area (Å²) >= 11 is 0. The van der Waals surface area contributed by atoms with Crippen molar-refractivity contribution in [3.05, 3.63) is 35.5 Å². The molecule has 9 nitrogen and oxygen atoms in total. The maximum absolute atomic E-state index is 11.8. The molecule has 2 amide bonds. The molecule has 1 atom stereocenters. The Hall–Kier alpha value is -2.75. The number of hydrogen-bond donors (Lipinski definition) is 2. The molecule has 1 aromatic heterocycles. The standard InChI is InChI=1S/C25H35N7O2/c1-4-26-25(33)27-19-7-5-18(6-8-19)23-28-22-15-31(20-13-30(3)14-20)10-9-21(22)24(29-23)32-11-12-34-16-17(32)2/h5-8,17,20H,4,9-16H2,1-3H3,(H2,26,27,33)/t17-/m0/s1. The van der Waals surface area contributed by atoms with E-state index in [1.165, 1.54) is 5.56 Å². The molecule has 0 aliphatic carbocycles. The molecule has 0 radical (unpaired) electrons. The molecule has 4 heterocycles. The fourth-order valence-corrected chi connectivity index (χ4v) is 5.09. The number of urea groups is 1. The second-order valence-corrected chi connectivity index (χ2v) is 9.57. The number of carbonyl (C=O) groups excluding carboxylic acids is 1. The van der Waals surface area contributed by atoms with Crippen LogP contribution in [0.5, 0.6) is 0 Å². The van der Waals surface area contributed by atoms with Crippen LogP contribution in [0.4, 0.5) is 16.3 Å². The van der Waals surface area contributed by atoms with Crippen molar-refractivity contribution >= 4 is 17.5 Å². The molecule has 0 saturated carbocycles. The van der Waals surface area contributed by atoms with E-state index in [4.69, 9.17) is 14.7 Å². The minimum absolute atomic E-state index is 0.203. The number of likely N-dealkylation sites (N-methyl/N-ethyl adjacent to an activating group) is 1. The van der Waals surface area contributed by atoms with E-state index in [0.717, 1.165) is 80.9 Å². The number of rotatable bonds is 5. The fourth-order valence-electron chi connectivity index (χ4n) is 5.09. The van der Waals surface area contributed by atoms with E-state index in [1.54, 1.807) is 0 Å². The normalized spacial score (nSPS) is 21.6. The fraction of sp³-hybridized carbons (Fsp3) is 0.560. The molecule has 2 fully saturated rings. The number of fused-ring (bicyclic) bond motifs is 1. The molecular formula is C25H35N7O2. The predicted molar refractivity (Wildman–Crippen MR) is 133 cm³/mol. The summed E-state index contributed by atoms with van der Waals surface area (Å²) in [6, 6.07) is 8.46. The Morgan fingerprint density at radius 1 is 1.18 bits per heavy atom. The highest BCUT2D eigenvalue weighted by Gasteiger charge is 2.34. The average Bonchev–Trinajstić information content (AvgIpc) is 2.82. The van der Waals surface area contributed by atoms with Crippen LogP contribution >= 0.6 is 0 Å². The molecule has 0 unspecified atom stereocenters. The van der Waals surface area contributed by atoms with E-state index in [9.17, 15) is 4.79 Å². The van der Waals surface area contributed by atoms with Crippen LogP contribution in [0.3, 0.4) is 0 Å². The number of likely N-dealkylation sites (tertiary alicyclic amines) is 1. The number of anilines is 2. The first kappa shape index (κ1) is 23.0. The van der Waals surface area contributed by atoms with Crippen molar-refractivity contribution in [1.29, 1.82) is 0 Å². The molecule has 182 valence electrons. The Morgan fingerprint density at radius 2 is 1.97 bits per heavy atom. The zero-order chi connectivity index (χ0) is 23.7. The number of carbonyl (C=O) groups is 1. The third-order valence-corrected chi connectivity index (χ3v) is 7.01. The van der Waals surface area contributed by atoms with Gasteiger partial charge in [-0.05, 0) is 51.6 Å². The largest absolute Gasteiger partial charge is 0.377 e. The van der Waals surface area contributed by atoms with Crippen LogP contribution in [0, 0.1) is 0 Å². The summed E-state index contributed by atoms with van der Waals surface area (Å²) in [5.41, 5.74) is 4.13. The smallest absolute Gasteiger partial charge is 0.319 e. The lowest BCUT2D eigenvalue weighted by atomic mass is 9.99. The number of amides is 2. The van der Waals surface area contributed by atoms with Gasteiger partial charge < -0.3 is 25.2 Å². The van der Waals surface area contributed by atoms with Crippen molar-refractivity contribution in [2.45, 2.75) is 38.9 Å². The molecule has 2 aromatic rings. The van der Waals surface area contributed by atoms with E-state index in [0.29, 0.717) is 12.6 Å². The number of ether oxygens (including phenoxy) is 1. The first-order valence-electron chi connectivity index (χ1n) is 12.3. The van der Waals surface area contributed by atoms with Crippen LogP contribution in [0.15, 0.2) is 24.3 Å². The van der Waals surface area contributed by atoms with Gasteiger partial charge in [-0.15, -0.1) is 0 Å². The quantitative estimate of drug-likeness (QED) is 0.700. The van der Waals surface area contributed by atoms with Crippen LogP contribution in [-0.4, -0.2) is 90.9 Å². The Balaban J connectivity index is 1.45. The van der Waals surface area contributed by atoms with Gasteiger partial charge in [-0.1, -0.05) is 0 Å². The van der Waals surface area contributed by atoms with Crippen LogP contribution in [0.25, 0.3) is 11.4 Å². The van der Waals surface area contributed by atoms with Gasteiger partial charge >= 0.3 is 6.03 Å². The summed E-state index contributed by atoms with van der Waals surface area (Å²) < 4.78 is 5.70. The summed E-state index contributed by atoms with van der Waals surface area (Å²) in [5, 5.41) is 5.60. The van der Waals surface area contributed by atoms with Crippen molar-refractivity contribution in [2.75, 3.05) is 63.2 Å². The highest BCUT2D eigenvalue weighted by molar-refractivity contribution is 5.89. The Kier molecular flexibility index (Phi) is 6.67. The second kappa shape index (κ2) is 9.85. The minimum atomic E-state index is -0.203. The minimum Gasteiger partial charge on any atom is -0.377 e. The molecule has 3 aliphatic rings. The summed E-state index contributed by atoms with van der Waals surface area (Å²) in [5.74, 6) is 1.80. The van der Waals surface area contributed by atoms with Gasteiger partial charge in [0.2, 0.25) is 0 Å². The maximum Gasteiger partial charge on any atom is 0.319 e. The lowest BCUT2D eigenvalue weighted by Crippen LogP contribution is -2.58. The van der Waals surface area contributed by atoms with Crippen LogP contribution < -0.4 is 15.5 Å². The van der Waals surface area contributed by atoms with Gasteiger partial charge in [0, 0.05) is 62.1 Å². The van der Waals surface area contributed by atoms with Gasteiger partial charge in [-0.25, -0.2) is 14.8 Å². The number of hydrogen-bond acceptors (Lipinski definition) is 7. The Labute approximate surface area is 201 Å². The monoisotopic (exact) mass is 465 g/mol. The summed E-state index contributed by atoms with van der Waals surface area (Å²) in [6.07, 6.45) is 0.977. The number of nitrogens with one attached hydrogen (secondary N) is 2. The second-order valence-electron chi connectivity index (χ2n) is 9.57. The highest BCUT2D eigenvalue weighted by Crippen LogP contribution is 2.33. The Morgan fingerprint density at radius 3 is 2.68 bits per heavy atom. The number of morpholine rings is 1. The molecule has 0 bridgehead atoms. The van der Waals surface area contributed by atoms with Crippen LogP contribution in [-0.2, 0) is 17.7 Å². The molecule has 3 aliphatic heterocycles. The van der Waals surface area contributed by atoms with Gasteiger partial charge in [-0.3, -0.25) is 4.90 Å². The number of aromatic nitrogens is 2. The molecule has 2 N–H and O–H groups in total. The lowest BCUT2D eigenvalue weighted by molar-refractivity contribution is 0.0423. The lowest BCUT2D eigenvalue weighted by Gasteiger charge is -2.45. The number of benzene rings is 1.